The minimum Gasteiger partial charge on any atom is -0.360 e. The molecule has 1 heterocycles. The Morgan fingerprint density at radius 1 is 0.786 bits per heavy atom. The van der Waals surface area contributed by atoms with Crippen molar-refractivity contribution in [2.75, 3.05) is 10.2 Å². The fraction of sp³-hybridized carbons (Fsp3) is 0.0417. The van der Waals surface area contributed by atoms with Crippen LogP contribution >= 0.6 is 0 Å². The number of nitrogens with one attached hydrogen (secondary N) is 1. The lowest BCUT2D eigenvalue weighted by Crippen LogP contribution is -2.43. The Morgan fingerprint density at radius 3 is 2.39 bits per heavy atom. The van der Waals surface area contributed by atoms with Crippen LogP contribution in [0.15, 0.2) is 91.0 Å². The van der Waals surface area contributed by atoms with Crippen molar-refractivity contribution in [3.8, 4) is 0 Å². The van der Waals surface area contributed by atoms with Crippen LogP contribution in [0.25, 0.3) is 10.8 Å². The molecular weight excluding hydrogens is 351 g/mol. The van der Waals surface area contributed by atoms with Crippen LogP contribution in [-0.4, -0.2) is 5.91 Å². The highest BCUT2D eigenvalue weighted by molar-refractivity contribution is 6.15. The van der Waals surface area contributed by atoms with Crippen LogP contribution < -0.4 is 10.2 Å². The van der Waals surface area contributed by atoms with Crippen LogP contribution in [0.1, 0.15) is 22.1 Å². The molecule has 28 heavy (non-hydrogen) atoms. The zero-order chi connectivity index (χ0) is 19.1. The van der Waals surface area contributed by atoms with Crippen LogP contribution in [0.5, 0.6) is 0 Å². The number of hydrogen-bond acceptors (Lipinski definition) is 2. The van der Waals surface area contributed by atoms with Gasteiger partial charge in [-0.1, -0.05) is 66.7 Å². The summed E-state index contributed by atoms with van der Waals surface area (Å²) >= 11 is 0. The first-order valence-electron chi connectivity index (χ1n) is 9.15. The Bertz CT molecular complexity index is 1200. The van der Waals surface area contributed by atoms with Crippen molar-refractivity contribution >= 4 is 28.1 Å². The quantitative estimate of drug-likeness (QED) is 0.489. The minimum atomic E-state index is -0.644. The van der Waals surface area contributed by atoms with Gasteiger partial charge in [-0.2, -0.15) is 0 Å². The molecule has 1 aliphatic heterocycles. The van der Waals surface area contributed by atoms with Gasteiger partial charge in [0, 0.05) is 16.6 Å². The van der Waals surface area contributed by atoms with Gasteiger partial charge in [0.15, 0.2) is 0 Å². The predicted octanol–water partition coefficient (Wildman–Crippen LogP) is 5.75. The van der Waals surface area contributed by atoms with E-state index in [1.54, 1.807) is 29.2 Å². The summed E-state index contributed by atoms with van der Waals surface area (Å²) in [5, 5.41) is 5.33. The van der Waals surface area contributed by atoms with Gasteiger partial charge >= 0.3 is 0 Å². The maximum absolute atomic E-state index is 14.7. The summed E-state index contributed by atoms with van der Waals surface area (Å²) in [5.74, 6) is -0.503. The number of nitrogens with zero attached hydrogens (tertiary/aromatic N) is 1. The molecule has 1 unspecified atom stereocenters. The average Bonchev–Trinajstić information content (AvgIpc) is 2.74. The molecule has 0 aromatic heterocycles. The molecular formula is C24H17FN2O. The molecule has 1 aliphatic rings. The number of benzene rings is 4. The lowest BCUT2D eigenvalue weighted by atomic mass is 10.00. The molecule has 3 nitrogen and oxygen atoms in total. The lowest BCUT2D eigenvalue weighted by Gasteiger charge is -2.38. The first-order valence-corrected chi connectivity index (χ1v) is 9.15. The van der Waals surface area contributed by atoms with E-state index in [0.717, 1.165) is 16.5 Å². The van der Waals surface area contributed by atoms with Crippen molar-refractivity contribution in [3.05, 3.63) is 108 Å². The summed E-state index contributed by atoms with van der Waals surface area (Å²) in [7, 11) is 0. The molecule has 0 aliphatic carbocycles. The van der Waals surface area contributed by atoms with Gasteiger partial charge in [-0.05, 0) is 29.7 Å². The molecule has 136 valence electrons. The van der Waals surface area contributed by atoms with Gasteiger partial charge in [0.2, 0.25) is 0 Å². The molecule has 1 amide bonds. The topological polar surface area (TPSA) is 32.3 Å². The van der Waals surface area contributed by atoms with Crippen molar-refractivity contribution in [2.45, 2.75) is 6.17 Å². The van der Waals surface area contributed by atoms with Gasteiger partial charge < -0.3 is 5.32 Å². The number of para-hydroxylation sites is 1. The summed E-state index contributed by atoms with van der Waals surface area (Å²) in [5.41, 5.74) is 2.46. The van der Waals surface area contributed by atoms with Crippen molar-refractivity contribution in [1.82, 2.24) is 0 Å². The number of amides is 1. The number of carbonyl (C=O) groups is 1. The van der Waals surface area contributed by atoms with Crippen molar-refractivity contribution in [1.29, 1.82) is 0 Å². The van der Waals surface area contributed by atoms with E-state index in [-0.39, 0.29) is 11.7 Å². The van der Waals surface area contributed by atoms with E-state index in [4.69, 9.17) is 0 Å². The van der Waals surface area contributed by atoms with Gasteiger partial charge in [0.05, 0.1) is 11.3 Å². The Labute approximate surface area is 162 Å². The molecule has 0 saturated heterocycles. The summed E-state index contributed by atoms with van der Waals surface area (Å²) in [6, 6.07) is 27.6. The molecule has 0 spiro atoms. The van der Waals surface area contributed by atoms with Crippen LogP contribution in [-0.2, 0) is 0 Å². The van der Waals surface area contributed by atoms with Crippen LogP contribution in [0.3, 0.4) is 0 Å². The second kappa shape index (κ2) is 6.50. The van der Waals surface area contributed by atoms with E-state index < -0.39 is 6.17 Å². The SMILES string of the molecule is O=C1c2ccccc2NC(c2ccccc2F)N1c1cccc2ccccc12. The normalized spacial score (nSPS) is 16.0. The molecule has 0 radical (unpaired) electrons. The smallest absolute Gasteiger partial charge is 0.262 e. The number of carbonyl (C=O) groups excluding carboxylic acids is 1. The Kier molecular flexibility index (Phi) is 3.83. The van der Waals surface area contributed by atoms with E-state index in [2.05, 4.69) is 5.32 Å². The molecule has 4 aromatic carbocycles. The fourth-order valence-electron chi connectivity index (χ4n) is 3.83. The van der Waals surface area contributed by atoms with E-state index in [9.17, 15) is 9.18 Å². The number of rotatable bonds is 2. The zero-order valence-electron chi connectivity index (χ0n) is 15.0. The van der Waals surface area contributed by atoms with Gasteiger partial charge in [-0.15, -0.1) is 0 Å². The van der Waals surface area contributed by atoms with Crippen molar-refractivity contribution in [2.24, 2.45) is 0 Å². The highest BCUT2D eigenvalue weighted by atomic mass is 19.1. The van der Waals surface area contributed by atoms with Crippen LogP contribution in [0, 0.1) is 5.82 Å². The van der Waals surface area contributed by atoms with Gasteiger partial charge in [-0.25, -0.2) is 4.39 Å². The fourth-order valence-corrected chi connectivity index (χ4v) is 3.83. The van der Waals surface area contributed by atoms with Gasteiger partial charge in [0.1, 0.15) is 12.0 Å². The van der Waals surface area contributed by atoms with E-state index in [1.165, 1.54) is 6.07 Å². The largest absolute Gasteiger partial charge is 0.360 e. The molecule has 1 N–H and O–H groups in total. The standard InChI is InChI=1S/C24H17FN2O/c25-20-13-5-3-11-18(20)23-26-21-14-6-4-12-19(21)24(28)27(23)22-15-7-9-16-8-1-2-10-17(16)22/h1-15,23,26H. The maximum atomic E-state index is 14.7. The Morgan fingerprint density at radius 2 is 1.50 bits per heavy atom. The molecule has 0 saturated carbocycles. The van der Waals surface area contributed by atoms with Crippen LogP contribution in [0.2, 0.25) is 0 Å². The Hall–Kier alpha value is -3.66. The zero-order valence-corrected chi connectivity index (χ0v) is 15.0. The monoisotopic (exact) mass is 368 g/mol. The molecule has 1 atom stereocenters. The van der Waals surface area contributed by atoms with E-state index >= 15 is 0 Å². The third-order valence-electron chi connectivity index (χ3n) is 5.15. The lowest BCUT2D eigenvalue weighted by molar-refractivity contribution is 0.0975. The highest BCUT2D eigenvalue weighted by Crippen LogP contribution is 2.39. The summed E-state index contributed by atoms with van der Waals surface area (Å²) in [6.07, 6.45) is -0.644. The first-order chi connectivity index (χ1) is 13.7. The Balaban J connectivity index is 1.77. The van der Waals surface area contributed by atoms with Crippen molar-refractivity contribution < 1.29 is 9.18 Å². The third-order valence-corrected chi connectivity index (χ3v) is 5.15. The van der Waals surface area contributed by atoms with Gasteiger partial charge in [-0.3, -0.25) is 9.69 Å². The van der Waals surface area contributed by atoms with Gasteiger partial charge in [0.25, 0.3) is 5.91 Å². The summed E-state index contributed by atoms with van der Waals surface area (Å²) < 4.78 is 14.7. The third kappa shape index (κ3) is 2.54. The molecule has 5 rings (SSSR count). The second-order valence-electron chi connectivity index (χ2n) is 6.79. The number of halogens is 1. The van der Waals surface area contributed by atoms with E-state index in [1.807, 2.05) is 60.7 Å². The molecule has 0 bridgehead atoms. The van der Waals surface area contributed by atoms with Crippen LogP contribution in [0.4, 0.5) is 15.8 Å². The minimum absolute atomic E-state index is 0.154. The first kappa shape index (κ1) is 16.5. The molecule has 0 fully saturated rings. The number of hydrogen-bond donors (Lipinski definition) is 1. The van der Waals surface area contributed by atoms with Crippen molar-refractivity contribution in [3.63, 3.8) is 0 Å². The average molecular weight is 368 g/mol. The molecule has 4 heteroatoms. The summed E-state index contributed by atoms with van der Waals surface area (Å²) in [4.78, 5) is 15.2. The summed E-state index contributed by atoms with van der Waals surface area (Å²) in [6.45, 7) is 0. The highest BCUT2D eigenvalue weighted by Gasteiger charge is 2.35. The number of anilines is 2. The maximum Gasteiger partial charge on any atom is 0.262 e. The number of fused-ring (bicyclic) bond motifs is 2. The van der Waals surface area contributed by atoms with E-state index in [0.29, 0.717) is 16.8 Å². The molecule has 4 aromatic rings. The second-order valence-corrected chi connectivity index (χ2v) is 6.79. The predicted molar refractivity (Wildman–Crippen MR) is 110 cm³/mol.